The molecule has 6 rings (SSSR count). The molecule has 2 aromatic carbocycles. The average Bonchev–Trinajstić information content (AvgIpc) is 3.59. The lowest BCUT2D eigenvalue weighted by molar-refractivity contribution is 0.0852. The van der Waals surface area contributed by atoms with Crippen molar-refractivity contribution in [1.82, 2.24) is 14.7 Å². The average molecular weight is 553 g/mol. The Hall–Kier alpha value is -4.24. The van der Waals surface area contributed by atoms with Crippen LogP contribution in [-0.2, 0) is 25.8 Å². The fraction of sp³-hybridized carbons (Fsp3) is 0.258. The molecule has 202 valence electrons. The molecule has 9 heteroatoms. The minimum atomic E-state index is -0.330. The van der Waals surface area contributed by atoms with Crippen molar-refractivity contribution in [2.75, 3.05) is 6.54 Å². The summed E-state index contributed by atoms with van der Waals surface area (Å²) in [5.41, 5.74) is 5.36. The van der Waals surface area contributed by atoms with E-state index < -0.39 is 0 Å². The number of rotatable bonds is 7. The Labute approximate surface area is 236 Å². The lowest BCUT2D eigenvalue weighted by Crippen LogP contribution is -2.36. The van der Waals surface area contributed by atoms with Gasteiger partial charge in [-0.2, -0.15) is 5.10 Å². The molecule has 0 saturated heterocycles. The Morgan fingerprint density at radius 1 is 1.18 bits per heavy atom. The molecule has 0 radical (unpaired) electrons. The predicted octanol–water partition coefficient (Wildman–Crippen LogP) is 6.00. The summed E-state index contributed by atoms with van der Waals surface area (Å²) in [4.78, 5) is 21.1. The van der Waals surface area contributed by atoms with E-state index in [1.165, 1.54) is 27.5 Å². The summed E-state index contributed by atoms with van der Waals surface area (Å²) < 4.78 is 16.0. The van der Waals surface area contributed by atoms with Gasteiger partial charge in [-0.1, -0.05) is 37.3 Å². The van der Waals surface area contributed by atoms with E-state index >= 15 is 0 Å². The Morgan fingerprint density at radius 2 is 2.00 bits per heavy atom. The van der Waals surface area contributed by atoms with E-state index in [9.17, 15) is 9.18 Å². The van der Waals surface area contributed by atoms with Gasteiger partial charge in [-0.05, 0) is 61.1 Å². The van der Waals surface area contributed by atoms with Gasteiger partial charge in [0.15, 0.2) is 5.84 Å². The van der Waals surface area contributed by atoms with Gasteiger partial charge in [0, 0.05) is 41.2 Å². The predicted molar refractivity (Wildman–Crippen MR) is 156 cm³/mol. The normalized spacial score (nSPS) is 15.2. The molecule has 0 bridgehead atoms. The number of carbonyl (C=O) groups is 1. The van der Waals surface area contributed by atoms with Gasteiger partial charge in [0.1, 0.15) is 11.7 Å². The zero-order valence-electron chi connectivity index (χ0n) is 22.2. The number of aromatic nitrogens is 2. The highest BCUT2D eigenvalue weighted by Gasteiger charge is 2.33. The van der Waals surface area contributed by atoms with Gasteiger partial charge >= 0.3 is 0 Å². The maximum absolute atomic E-state index is 14.0. The van der Waals surface area contributed by atoms with Crippen LogP contribution >= 0.6 is 11.3 Å². The summed E-state index contributed by atoms with van der Waals surface area (Å²) in [6.45, 7) is 3.22. The lowest BCUT2D eigenvalue weighted by atomic mass is 9.99. The second-order valence-electron chi connectivity index (χ2n) is 10.2. The first kappa shape index (κ1) is 26.0. The minimum Gasteiger partial charge on any atom is -0.292 e. The highest BCUT2D eigenvalue weighted by Crippen LogP contribution is 2.37. The summed E-state index contributed by atoms with van der Waals surface area (Å²) in [5, 5.41) is 22.0. The van der Waals surface area contributed by atoms with Crippen LogP contribution in [0.1, 0.15) is 50.1 Å². The molecule has 0 spiro atoms. The number of fused-ring (bicyclic) bond motifs is 4. The van der Waals surface area contributed by atoms with Crippen LogP contribution in [0.2, 0.25) is 0 Å². The number of thiophene rings is 1. The van der Waals surface area contributed by atoms with Crippen LogP contribution in [0.3, 0.4) is 0 Å². The molecule has 4 aromatic rings. The van der Waals surface area contributed by atoms with Crippen molar-refractivity contribution < 1.29 is 9.18 Å². The number of amidine groups is 2. The van der Waals surface area contributed by atoms with E-state index in [4.69, 9.17) is 10.8 Å². The van der Waals surface area contributed by atoms with E-state index in [0.717, 1.165) is 47.5 Å². The fourth-order valence-corrected chi connectivity index (χ4v) is 6.64. The van der Waals surface area contributed by atoms with Gasteiger partial charge in [-0.25, -0.2) is 9.38 Å². The van der Waals surface area contributed by atoms with E-state index in [0.29, 0.717) is 17.5 Å². The molecule has 1 atom stereocenters. The van der Waals surface area contributed by atoms with Crippen molar-refractivity contribution in [3.63, 3.8) is 0 Å². The molecular weight excluding hydrogens is 523 g/mol. The number of nitrogens with one attached hydrogen (secondary N) is 2. The van der Waals surface area contributed by atoms with Gasteiger partial charge < -0.3 is 0 Å². The molecule has 4 heterocycles. The number of aryl methyl sites for hydroxylation is 3. The molecule has 2 aromatic heterocycles. The van der Waals surface area contributed by atoms with Crippen LogP contribution < -0.4 is 0 Å². The number of nitrogens with zero attached hydrogens (tertiary/aromatic N) is 4. The van der Waals surface area contributed by atoms with Crippen LogP contribution in [-0.4, -0.2) is 45.0 Å². The molecule has 0 saturated carbocycles. The molecular formula is C31H29FN6OS. The van der Waals surface area contributed by atoms with Crippen LogP contribution in [0.5, 0.6) is 0 Å². The molecule has 40 heavy (non-hydrogen) atoms. The maximum Gasteiger partial charge on any atom is 0.260 e. The third-order valence-electron chi connectivity index (χ3n) is 7.51. The summed E-state index contributed by atoms with van der Waals surface area (Å²) in [6.07, 6.45) is 6.87. The molecule has 0 aliphatic carbocycles. The molecule has 0 fully saturated rings. The molecule has 1 amide bonds. The third-order valence-corrected chi connectivity index (χ3v) is 8.72. The number of carbonyl (C=O) groups excluding carboxylic acids is 1. The number of hydrogen-bond donors (Lipinski definition) is 2. The monoisotopic (exact) mass is 552 g/mol. The molecule has 2 aliphatic heterocycles. The largest absolute Gasteiger partial charge is 0.292 e. The Kier molecular flexibility index (Phi) is 6.98. The Morgan fingerprint density at radius 3 is 2.77 bits per heavy atom. The minimum absolute atomic E-state index is 0.151. The van der Waals surface area contributed by atoms with E-state index in [-0.39, 0.29) is 35.9 Å². The van der Waals surface area contributed by atoms with Crippen LogP contribution in [0.4, 0.5) is 4.39 Å². The molecule has 2 aliphatic rings. The van der Waals surface area contributed by atoms with Crippen LogP contribution in [0, 0.1) is 22.6 Å². The summed E-state index contributed by atoms with van der Waals surface area (Å²) >= 11 is 1.60. The van der Waals surface area contributed by atoms with E-state index in [1.54, 1.807) is 41.8 Å². The quantitative estimate of drug-likeness (QED) is 0.217. The van der Waals surface area contributed by atoms with Gasteiger partial charge in [0.2, 0.25) is 0 Å². The summed E-state index contributed by atoms with van der Waals surface area (Å²) in [6, 6.07) is 15.5. The second-order valence-corrected chi connectivity index (χ2v) is 11.3. The molecule has 7 nitrogen and oxygen atoms in total. The third kappa shape index (κ3) is 4.81. The van der Waals surface area contributed by atoms with Crippen LogP contribution in [0.25, 0.3) is 11.3 Å². The highest BCUT2D eigenvalue weighted by atomic mass is 32.1. The lowest BCUT2D eigenvalue weighted by Gasteiger charge is -2.21. The first-order valence-electron chi connectivity index (χ1n) is 13.5. The van der Waals surface area contributed by atoms with E-state index in [2.05, 4.69) is 27.8 Å². The topological polar surface area (TPSA) is 98.2 Å². The maximum atomic E-state index is 14.0. The van der Waals surface area contributed by atoms with Crippen molar-refractivity contribution in [2.24, 2.45) is 10.9 Å². The standard InChI is InChI=1S/C31H29FN6OS/c1-2-21-17-36-38-12-6-11-26-25(28(21)38)15-27(40-26)29(33)35-16-20(13-19-7-5-8-22(32)14-19)18-37-30(34)23-9-3-4-10-24(23)31(37)39/h3-5,7-10,14-17,20,33-34H,2,6,11-13,18H2,1H3. The SMILES string of the molecule is CCc1cnn2c1-c1cc(C(=N)N=CC(Cc3cccc(F)c3)CN3C(=N)c4ccccc4C3=O)sc1CCC2. The van der Waals surface area contributed by atoms with Gasteiger partial charge in [0.05, 0.1) is 22.3 Å². The van der Waals surface area contributed by atoms with Gasteiger partial charge in [-0.3, -0.25) is 25.2 Å². The molecule has 2 N–H and O–H groups in total. The number of halogens is 1. The Bertz CT molecular complexity index is 1630. The molecule has 1 unspecified atom stereocenters. The van der Waals surface area contributed by atoms with Gasteiger partial charge in [-0.15, -0.1) is 11.3 Å². The number of benzene rings is 2. The van der Waals surface area contributed by atoms with Crippen molar-refractivity contribution in [1.29, 1.82) is 10.8 Å². The first-order valence-corrected chi connectivity index (χ1v) is 14.3. The summed E-state index contributed by atoms with van der Waals surface area (Å²) in [5.74, 6) is -0.578. The van der Waals surface area contributed by atoms with Crippen molar-refractivity contribution in [2.45, 2.75) is 39.2 Å². The highest BCUT2D eigenvalue weighted by molar-refractivity contribution is 7.14. The fourth-order valence-electron chi connectivity index (χ4n) is 5.54. The van der Waals surface area contributed by atoms with Crippen molar-refractivity contribution >= 4 is 35.1 Å². The van der Waals surface area contributed by atoms with Crippen LogP contribution in [0.15, 0.2) is 65.8 Å². The Balaban J connectivity index is 1.27. The first-order chi connectivity index (χ1) is 19.4. The second kappa shape index (κ2) is 10.7. The zero-order chi connectivity index (χ0) is 27.8. The number of hydrogen-bond acceptors (Lipinski definition) is 5. The number of aliphatic imine (C=N–C) groups is 1. The van der Waals surface area contributed by atoms with Crippen molar-refractivity contribution in [3.05, 3.63) is 98.6 Å². The summed E-state index contributed by atoms with van der Waals surface area (Å²) in [7, 11) is 0. The van der Waals surface area contributed by atoms with Crippen molar-refractivity contribution in [3.8, 4) is 11.3 Å². The van der Waals surface area contributed by atoms with E-state index in [1.807, 2.05) is 18.3 Å². The zero-order valence-corrected chi connectivity index (χ0v) is 23.0. The smallest absolute Gasteiger partial charge is 0.260 e. The number of amides is 1. The van der Waals surface area contributed by atoms with Gasteiger partial charge in [0.25, 0.3) is 5.91 Å².